The quantitative estimate of drug-likeness (QED) is 0.410. The number of rotatable bonds is 5. The van der Waals surface area contributed by atoms with Crippen LogP contribution in [0.4, 0.5) is 0 Å². The van der Waals surface area contributed by atoms with Gasteiger partial charge in [-0.2, -0.15) is 0 Å². The van der Waals surface area contributed by atoms with Crippen LogP contribution in [0.15, 0.2) is 17.1 Å². The minimum absolute atomic E-state index is 0.984. The Hall–Kier alpha value is -0.590. The van der Waals surface area contributed by atoms with Crippen molar-refractivity contribution >= 4 is 6.21 Å². The van der Waals surface area contributed by atoms with E-state index in [0.29, 0.717) is 0 Å². The molecule has 0 amide bonds. The summed E-state index contributed by atoms with van der Waals surface area (Å²) < 4.78 is 0. The highest BCUT2D eigenvalue weighted by atomic mass is 14.7. The summed E-state index contributed by atoms with van der Waals surface area (Å²) in [6, 6.07) is 0. The van der Waals surface area contributed by atoms with Crippen molar-refractivity contribution in [3.05, 3.63) is 12.2 Å². The van der Waals surface area contributed by atoms with E-state index in [1.165, 1.54) is 19.3 Å². The highest BCUT2D eigenvalue weighted by Gasteiger charge is 1.79. The van der Waals surface area contributed by atoms with Crippen LogP contribution in [0.2, 0.25) is 0 Å². The Bertz CT molecular complexity index is 103. The lowest BCUT2D eigenvalue weighted by molar-refractivity contribution is 0.729. The Morgan fingerprint density at radius 3 is 2.70 bits per heavy atom. The maximum absolute atomic E-state index is 4.19. The molecule has 0 spiro atoms. The molecule has 0 aliphatic rings. The predicted octanol–water partition coefficient (Wildman–Crippen LogP) is 2.82. The van der Waals surface area contributed by atoms with Gasteiger partial charge in [-0.25, -0.2) is 0 Å². The highest BCUT2D eigenvalue weighted by Crippen LogP contribution is 1.92. The number of hydrogen-bond acceptors (Lipinski definition) is 1. The van der Waals surface area contributed by atoms with Gasteiger partial charge in [0, 0.05) is 12.8 Å². The first kappa shape index (κ1) is 9.41. The molecule has 0 N–H and O–H groups in total. The molecule has 0 aromatic rings. The first-order chi connectivity index (χ1) is 4.91. The lowest BCUT2D eigenvalue weighted by atomic mass is 10.2. The van der Waals surface area contributed by atoms with Crippen molar-refractivity contribution in [1.29, 1.82) is 0 Å². The molecule has 0 fully saturated rings. The third-order valence-corrected chi connectivity index (χ3v) is 1.27. The number of allylic oxidation sites excluding steroid dienone is 2. The van der Waals surface area contributed by atoms with Crippen LogP contribution in [0.1, 0.15) is 33.1 Å². The Kier molecular flexibility index (Phi) is 7.91. The zero-order chi connectivity index (χ0) is 7.66. The van der Waals surface area contributed by atoms with Crippen LogP contribution in [0.3, 0.4) is 0 Å². The Morgan fingerprint density at radius 1 is 1.30 bits per heavy atom. The maximum Gasteiger partial charge on any atom is 0.0389 e. The SMILES string of the molecule is CC=CC=NCCCCC. The van der Waals surface area contributed by atoms with Gasteiger partial charge >= 0.3 is 0 Å². The van der Waals surface area contributed by atoms with Crippen molar-refractivity contribution in [2.45, 2.75) is 33.1 Å². The summed E-state index contributed by atoms with van der Waals surface area (Å²) in [6.07, 6.45) is 9.63. The van der Waals surface area contributed by atoms with Gasteiger partial charge in [0.05, 0.1) is 0 Å². The van der Waals surface area contributed by atoms with Gasteiger partial charge < -0.3 is 0 Å². The Balaban J connectivity index is 3.02. The molecule has 0 aromatic heterocycles. The average molecular weight is 139 g/mol. The lowest BCUT2D eigenvalue weighted by Gasteiger charge is -1.89. The summed E-state index contributed by atoms with van der Waals surface area (Å²) in [7, 11) is 0. The molecule has 0 aliphatic carbocycles. The zero-order valence-electron chi connectivity index (χ0n) is 7.01. The summed E-state index contributed by atoms with van der Waals surface area (Å²) >= 11 is 0. The van der Waals surface area contributed by atoms with Crippen molar-refractivity contribution in [2.75, 3.05) is 6.54 Å². The number of unbranched alkanes of at least 4 members (excludes halogenated alkanes) is 2. The summed E-state index contributed by atoms with van der Waals surface area (Å²) in [5.74, 6) is 0. The first-order valence-corrected chi connectivity index (χ1v) is 4.03. The fraction of sp³-hybridized carbons (Fsp3) is 0.667. The number of hydrogen-bond donors (Lipinski definition) is 0. The van der Waals surface area contributed by atoms with E-state index in [9.17, 15) is 0 Å². The molecule has 0 radical (unpaired) electrons. The monoisotopic (exact) mass is 139 g/mol. The van der Waals surface area contributed by atoms with Crippen LogP contribution in [0, 0.1) is 0 Å². The van der Waals surface area contributed by atoms with E-state index in [-0.39, 0.29) is 0 Å². The second-order valence-corrected chi connectivity index (χ2v) is 2.29. The van der Waals surface area contributed by atoms with Crippen molar-refractivity contribution in [1.82, 2.24) is 0 Å². The van der Waals surface area contributed by atoms with Gasteiger partial charge in [0.15, 0.2) is 0 Å². The fourth-order valence-corrected chi connectivity index (χ4v) is 0.675. The van der Waals surface area contributed by atoms with Crippen LogP contribution < -0.4 is 0 Å². The van der Waals surface area contributed by atoms with E-state index in [1.807, 2.05) is 25.3 Å². The van der Waals surface area contributed by atoms with Gasteiger partial charge in [0.1, 0.15) is 0 Å². The molecule has 58 valence electrons. The molecule has 0 atom stereocenters. The fourth-order valence-electron chi connectivity index (χ4n) is 0.675. The molecule has 0 saturated carbocycles. The largest absolute Gasteiger partial charge is 0.293 e. The second-order valence-electron chi connectivity index (χ2n) is 2.29. The topological polar surface area (TPSA) is 12.4 Å². The molecule has 0 bridgehead atoms. The van der Waals surface area contributed by atoms with Gasteiger partial charge in [-0.05, 0) is 19.4 Å². The summed E-state index contributed by atoms with van der Waals surface area (Å²) in [5.41, 5.74) is 0. The molecule has 1 heteroatoms. The van der Waals surface area contributed by atoms with Gasteiger partial charge in [-0.1, -0.05) is 25.8 Å². The van der Waals surface area contributed by atoms with Crippen LogP contribution in [0.5, 0.6) is 0 Å². The maximum atomic E-state index is 4.19. The molecule has 0 aromatic carbocycles. The van der Waals surface area contributed by atoms with Gasteiger partial charge in [-0.15, -0.1) is 0 Å². The summed E-state index contributed by atoms with van der Waals surface area (Å²) in [4.78, 5) is 4.19. The average Bonchev–Trinajstić information content (AvgIpc) is 1.97. The van der Waals surface area contributed by atoms with Gasteiger partial charge in [-0.3, -0.25) is 4.99 Å². The van der Waals surface area contributed by atoms with Crippen molar-refractivity contribution in [3.63, 3.8) is 0 Å². The van der Waals surface area contributed by atoms with Crippen LogP contribution >= 0.6 is 0 Å². The van der Waals surface area contributed by atoms with E-state index in [0.717, 1.165) is 6.54 Å². The molecule has 1 nitrogen and oxygen atoms in total. The number of nitrogens with zero attached hydrogens (tertiary/aromatic N) is 1. The standard InChI is InChI=1S/C9H17N/c1-3-5-7-9-10-8-6-4-2/h4,6,8H,3,5,7,9H2,1-2H3. The van der Waals surface area contributed by atoms with Crippen molar-refractivity contribution in [2.24, 2.45) is 4.99 Å². The minimum Gasteiger partial charge on any atom is -0.293 e. The zero-order valence-corrected chi connectivity index (χ0v) is 7.01. The molecular formula is C9H17N. The normalized spacial score (nSPS) is 11.8. The van der Waals surface area contributed by atoms with E-state index in [1.54, 1.807) is 0 Å². The van der Waals surface area contributed by atoms with E-state index < -0.39 is 0 Å². The van der Waals surface area contributed by atoms with Crippen LogP contribution in [-0.4, -0.2) is 12.8 Å². The molecule has 0 aliphatic heterocycles. The Morgan fingerprint density at radius 2 is 2.10 bits per heavy atom. The molecule has 0 unspecified atom stereocenters. The van der Waals surface area contributed by atoms with Gasteiger partial charge in [0.25, 0.3) is 0 Å². The van der Waals surface area contributed by atoms with E-state index in [4.69, 9.17) is 0 Å². The molecule has 0 rings (SSSR count). The second kappa shape index (κ2) is 8.41. The third-order valence-electron chi connectivity index (χ3n) is 1.27. The van der Waals surface area contributed by atoms with Crippen molar-refractivity contribution < 1.29 is 0 Å². The van der Waals surface area contributed by atoms with Crippen LogP contribution in [0.25, 0.3) is 0 Å². The summed E-state index contributed by atoms with van der Waals surface area (Å²) in [5, 5.41) is 0. The van der Waals surface area contributed by atoms with E-state index >= 15 is 0 Å². The van der Waals surface area contributed by atoms with Crippen LogP contribution in [-0.2, 0) is 0 Å². The minimum atomic E-state index is 0.984. The third kappa shape index (κ3) is 7.41. The molecule has 0 saturated heterocycles. The molecule has 0 heterocycles. The smallest absolute Gasteiger partial charge is 0.0389 e. The molecular weight excluding hydrogens is 122 g/mol. The first-order valence-electron chi connectivity index (χ1n) is 4.03. The molecule has 10 heavy (non-hydrogen) atoms. The highest BCUT2D eigenvalue weighted by molar-refractivity contribution is 5.70. The van der Waals surface area contributed by atoms with Gasteiger partial charge in [0.2, 0.25) is 0 Å². The summed E-state index contributed by atoms with van der Waals surface area (Å²) in [6.45, 7) is 5.19. The predicted molar refractivity (Wildman–Crippen MR) is 47.7 cm³/mol. The Labute approximate surface area is 63.9 Å². The van der Waals surface area contributed by atoms with E-state index in [2.05, 4.69) is 11.9 Å². The van der Waals surface area contributed by atoms with Crippen molar-refractivity contribution in [3.8, 4) is 0 Å². The number of aliphatic imine (C=N–C) groups is 1. The lowest BCUT2D eigenvalue weighted by Crippen LogP contribution is -1.79.